The van der Waals surface area contributed by atoms with E-state index in [2.05, 4.69) is 39.5 Å². The van der Waals surface area contributed by atoms with Crippen LogP contribution < -0.4 is 19.7 Å². The van der Waals surface area contributed by atoms with E-state index in [1.165, 1.54) is 11.1 Å². The van der Waals surface area contributed by atoms with E-state index in [1.54, 1.807) is 30.5 Å². The van der Waals surface area contributed by atoms with E-state index in [4.69, 9.17) is 9.47 Å². The maximum Gasteiger partial charge on any atom is 0.274 e. The van der Waals surface area contributed by atoms with Crippen molar-refractivity contribution in [3.63, 3.8) is 0 Å². The quantitative estimate of drug-likeness (QED) is 0.743. The summed E-state index contributed by atoms with van der Waals surface area (Å²) in [6.07, 6.45) is 2.79. The van der Waals surface area contributed by atoms with Gasteiger partial charge in [-0.15, -0.1) is 0 Å². The molecule has 1 amide bonds. The summed E-state index contributed by atoms with van der Waals surface area (Å²) in [5, 5.41) is 2.87. The molecule has 3 aromatic rings. The molecular weight excluding hydrogens is 366 g/mol. The van der Waals surface area contributed by atoms with Gasteiger partial charge in [0.25, 0.3) is 5.91 Å². The number of ether oxygens (including phenoxy) is 2. The van der Waals surface area contributed by atoms with E-state index in [9.17, 15) is 4.79 Å². The van der Waals surface area contributed by atoms with Gasteiger partial charge in [-0.3, -0.25) is 4.79 Å². The molecule has 0 radical (unpaired) electrons. The van der Waals surface area contributed by atoms with Crippen molar-refractivity contribution >= 4 is 17.3 Å². The Hall–Kier alpha value is -3.54. The average Bonchev–Trinajstić information content (AvgIpc) is 2.79. The Kier molecular flexibility index (Phi) is 4.52. The highest BCUT2D eigenvalue weighted by Crippen LogP contribution is 2.32. The molecule has 146 valence electrons. The Balaban J connectivity index is 1.27. The standard InChI is InChI=1S/C23H21N3O3/c27-23(25-18-5-8-21-22(13-18)29-12-11-28-21)20-7-6-19(14-24-20)26-10-9-16-3-1-2-4-17(16)15-26/h1-8,13-14H,9-12,15H2,(H,25,27). The smallest absolute Gasteiger partial charge is 0.274 e. The van der Waals surface area contributed by atoms with Crippen LogP contribution in [0.2, 0.25) is 0 Å². The highest BCUT2D eigenvalue weighted by molar-refractivity contribution is 6.03. The number of fused-ring (bicyclic) bond motifs is 2. The van der Waals surface area contributed by atoms with Crippen molar-refractivity contribution < 1.29 is 14.3 Å². The third-order valence-electron chi connectivity index (χ3n) is 5.28. The van der Waals surface area contributed by atoms with Crippen molar-refractivity contribution in [2.45, 2.75) is 13.0 Å². The maximum absolute atomic E-state index is 12.6. The van der Waals surface area contributed by atoms with Crippen molar-refractivity contribution in [3.8, 4) is 11.5 Å². The van der Waals surface area contributed by atoms with Crippen LogP contribution in [0.1, 0.15) is 21.6 Å². The van der Waals surface area contributed by atoms with Gasteiger partial charge in [-0.05, 0) is 41.8 Å². The third kappa shape index (κ3) is 3.61. The first-order valence-electron chi connectivity index (χ1n) is 9.75. The van der Waals surface area contributed by atoms with E-state index in [0.29, 0.717) is 36.1 Å². The van der Waals surface area contributed by atoms with Crippen LogP contribution in [0, 0.1) is 0 Å². The van der Waals surface area contributed by atoms with Gasteiger partial charge < -0.3 is 19.7 Å². The van der Waals surface area contributed by atoms with Crippen LogP contribution in [0.25, 0.3) is 0 Å². The number of hydrogen-bond donors (Lipinski definition) is 1. The number of carbonyl (C=O) groups excluding carboxylic acids is 1. The first-order valence-corrected chi connectivity index (χ1v) is 9.75. The Morgan fingerprint density at radius 1 is 0.966 bits per heavy atom. The van der Waals surface area contributed by atoms with Gasteiger partial charge in [-0.2, -0.15) is 0 Å². The van der Waals surface area contributed by atoms with Crippen molar-refractivity contribution in [3.05, 3.63) is 77.6 Å². The topological polar surface area (TPSA) is 63.7 Å². The molecule has 0 aliphatic carbocycles. The Morgan fingerprint density at radius 2 is 1.79 bits per heavy atom. The zero-order chi connectivity index (χ0) is 19.6. The number of nitrogens with one attached hydrogen (secondary N) is 1. The van der Waals surface area contributed by atoms with E-state index >= 15 is 0 Å². The SMILES string of the molecule is O=C(Nc1ccc2c(c1)OCCO2)c1ccc(N2CCc3ccccc3C2)cn1. The minimum atomic E-state index is -0.253. The second-order valence-corrected chi connectivity index (χ2v) is 7.15. The molecule has 1 aromatic heterocycles. The molecule has 2 aliphatic heterocycles. The molecule has 1 N–H and O–H groups in total. The van der Waals surface area contributed by atoms with Gasteiger partial charge in [-0.25, -0.2) is 4.98 Å². The maximum atomic E-state index is 12.6. The molecule has 0 saturated carbocycles. The molecule has 2 aromatic carbocycles. The van der Waals surface area contributed by atoms with Crippen LogP contribution in [0.15, 0.2) is 60.8 Å². The lowest BCUT2D eigenvalue weighted by molar-refractivity contribution is 0.102. The largest absolute Gasteiger partial charge is 0.486 e. The fraction of sp³-hybridized carbons (Fsp3) is 0.217. The second-order valence-electron chi connectivity index (χ2n) is 7.15. The molecule has 6 heteroatoms. The molecule has 3 heterocycles. The van der Waals surface area contributed by atoms with E-state index in [1.807, 2.05) is 6.07 Å². The number of nitrogens with zero attached hydrogens (tertiary/aromatic N) is 2. The fourth-order valence-corrected chi connectivity index (χ4v) is 3.74. The number of carbonyl (C=O) groups is 1. The number of aromatic nitrogens is 1. The van der Waals surface area contributed by atoms with Crippen molar-refractivity contribution in [2.24, 2.45) is 0 Å². The molecule has 2 aliphatic rings. The Bertz CT molecular complexity index is 1050. The monoisotopic (exact) mass is 387 g/mol. The molecule has 0 spiro atoms. The van der Waals surface area contributed by atoms with Crippen LogP contribution in [-0.4, -0.2) is 30.6 Å². The summed E-state index contributed by atoms with van der Waals surface area (Å²) in [4.78, 5) is 19.2. The summed E-state index contributed by atoms with van der Waals surface area (Å²) in [5.74, 6) is 1.08. The summed E-state index contributed by atoms with van der Waals surface area (Å²) in [6, 6.07) is 17.6. The predicted octanol–water partition coefficient (Wildman–Crippen LogP) is 3.67. The zero-order valence-corrected chi connectivity index (χ0v) is 15.9. The minimum Gasteiger partial charge on any atom is -0.486 e. The van der Waals surface area contributed by atoms with Gasteiger partial charge in [0.15, 0.2) is 11.5 Å². The molecule has 29 heavy (non-hydrogen) atoms. The fourth-order valence-electron chi connectivity index (χ4n) is 3.74. The number of hydrogen-bond acceptors (Lipinski definition) is 5. The van der Waals surface area contributed by atoms with Gasteiger partial charge in [-0.1, -0.05) is 24.3 Å². The number of amides is 1. The summed E-state index contributed by atoms with van der Waals surface area (Å²) >= 11 is 0. The van der Waals surface area contributed by atoms with Crippen molar-refractivity contribution in [2.75, 3.05) is 30.0 Å². The van der Waals surface area contributed by atoms with Crippen LogP contribution >= 0.6 is 0 Å². The highest BCUT2D eigenvalue weighted by atomic mass is 16.6. The molecule has 0 atom stereocenters. The van der Waals surface area contributed by atoms with Crippen LogP contribution in [0.3, 0.4) is 0 Å². The van der Waals surface area contributed by atoms with Gasteiger partial charge in [0, 0.05) is 24.8 Å². The summed E-state index contributed by atoms with van der Waals surface area (Å²) in [6.45, 7) is 2.86. The molecule has 0 unspecified atom stereocenters. The van der Waals surface area contributed by atoms with Crippen LogP contribution in [0.5, 0.6) is 11.5 Å². The molecule has 6 nitrogen and oxygen atoms in total. The first-order chi connectivity index (χ1) is 14.3. The predicted molar refractivity (Wildman–Crippen MR) is 111 cm³/mol. The lowest BCUT2D eigenvalue weighted by atomic mass is 10.00. The molecule has 5 rings (SSSR count). The number of pyridine rings is 1. The molecule has 0 saturated heterocycles. The first kappa shape index (κ1) is 17.6. The lowest BCUT2D eigenvalue weighted by Crippen LogP contribution is -2.30. The molecule has 0 bridgehead atoms. The average molecular weight is 387 g/mol. The zero-order valence-electron chi connectivity index (χ0n) is 15.9. The van der Waals surface area contributed by atoms with Gasteiger partial charge >= 0.3 is 0 Å². The Labute approximate surface area is 169 Å². The molecule has 0 fully saturated rings. The Morgan fingerprint density at radius 3 is 2.62 bits per heavy atom. The van der Waals surface area contributed by atoms with E-state index in [0.717, 1.165) is 25.2 Å². The van der Waals surface area contributed by atoms with Crippen LogP contribution in [0.4, 0.5) is 11.4 Å². The van der Waals surface area contributed by atoms with Crippen molar-refractivity contribution in [1.29, 1.82) is 0 Å². The second kappa shape index (κ2) is 7.47. The third-order valence-corrected chi connectivity index (χ3v) is 5.28. The number of benzene rings is 2. The van der Waals surface area contributed by atoms with Gasteiger partial charge in [0.2, 0.25) is 0 Å². The van der Waals surface area contributed by atoms with E-state index in [-0.39, 0.29) is 5.91 Å². The van der Waals surface area contributed by atoms with Gasteiger partial charge in [0.05, 0.1) is 11.9 Å². The summed E-state index contributed by atoms with van der Waals surface area (Å²) in [7, 11) is 0. The highest BCUT2D eigenvalue weighted by Gasteiger charge is 2.18. The molecular formula is C23H21N3O3. The number of rotatable bonds is 3. The van der Waals surface area contributed by atoms with Gasteiger partial charge in [0.1, 0.15) is 18.9 Å². The number of anilines is 2. The van der Waals surface area contributed by atoms with Crippen molar-refractivity contribution in [1.82, 2.24) is 4.98 Å². The normalized spacial score (nSPS) is 14.8. The summed E-state index contributed by atoms with van der Waals surface area (Å²) in [5.41, 5.74) is 4.81. The lowest BCUT2D eigenvalue weighted by Gasteiger charge is -2.30. The van der Waals surface area contributed by atoms with Crippen LogP contribution in [-0.2, 0) is 13.0 Å². The van der Waals surface area contributed by atoms with E-state index < -0.39 is 0 Å². The minimum absolute atomic E-state index is 0.253. The summed E-state index contributed by atoms with van der Waals surface area (Å²) < 4.78 is 11.1.